The van der Waals surface area contributed by atoms with E-state index in [0.717, 1.165) is 19.4 Å². The lowest BCUT2D eigenvalue weighted by Crippen LogP contribution is -2.31. The van der Waals surface area contributed by atoms with Gasteiger partial charge in [-0.15, -0.1) is 0 Å². The highest BCUT2D eigenvalue weighted by Crippen LogP contribution is 2.28. The van der Waals surface area contributed by atoms with Crippen molar-refractivity contribution in [2.75, 3.05) is 6.54 Å². The topological polar surface area (TPSA) is 21.7 Å². The van der Waals surface area contributed by atoms with Gasteiger partial charge in [0.15, 0.2) is 0 Å². The molecule has 3 heteroatoms. The molecular formula is C15H23NO2. The van der Waals surface area contributed by atoms with E-state index in [1.54, 1.807) is 0 Å². The Kier molecular flexibility index (Phi) is 4.38. The molecule has 0 aliphatic carbocycles. The van der Waals surface area contributed by atoms with Crippen LogP contribution < -0.4 is 0 Å². The zero-order valence-electron chi connectivity index (χ0n) is 11.6. The molecule has 0 saturated carbocycles. The summed E-state index contributed by atoms with van der Waals surface area (Å²) in [6.45, 7) is 7.83. The maximum atomic E-state index is 5.99. The molecule has 18 heavy (non-hydrogen) atoms. The summed E-state index contributed by atoms with van der Waals surface area (Å²) in [5.74, 6) is 0. The lowest BCUT2D eigenvalue weighted by atomic mass is 10.1. The molecule has 100 valence electrons. The van der Waals surface area contributed by atoms with Crippen LogP contribution in [-0.2, 0) is 16.2 Å². The monoisotopic (exact) mass is 249 g/mol. The molecule has 3 nitrogen and oxygen atoms in total. The van der Waals surface area contributed by atoms with E-state index in [0.29, 0.717) is 6.61 Å². The van der Waals surface area contributed by atoms with Crippen LogP contribution in [-0.4, -0.2) is 23.4 Å². The van der Waals surface area contributed by atoms with Crippen molar-refractivity contribution in [3.63, 3.8) is 0 Å². The number of hydrogen-bond acceptors (Lipinski definition) is 3. The fraction of sp³-hybridized carbons (Fsp3) is 0.600. The lowest BCUT2D eigenvalue weighted by Gasteiger charge is -2.21. The first-order valence-corrected chi connectivity index (χ1v) is 6.72. The molecule has 1 atom stereocenters. The van der Waals surface area contributed by atoms with Gasteiger partial charge in [0.05, 0.1) is 18.8 Å². The first-order valence-electron chi connectivity index (χ1n) is 6.72. The van der Waals surface area contributed by atoms with E-state index in [2.05, 4.69) is 32.9 Å². The van der Waals surface area contributed by atoms with Gasteiger partial charge in [-0.25, -0.2) is 0 Å². The molecule has 1 aliphatic rings. The summed E-state index contributed by atoms with van der Waals surface area (Å²) in [7, 11) is 0. The van der Waals surface area contributed by atoms with Crippen molar-refractivity contribution >= 4 is 0 Å². The highest BCUT2D eigenvalue weighted by molar-refractivity contribution is 5.13. The molecule has 0 spiro atoms. The highest BCUT2D eigenvalue weighted by atomic mass is 16.7. The predicted molar refractivity (Wildman–Crippen MR) is 71.8 cm³/mol. The van der Waals surface area contributed by atoms with Crippen LogP contribution in [0.5, 0.6) is 0 Å². The largest absolute Gasteiger partial charge is 0.354 e. The SMILES string of the molecule is CCCC1OC(C)(C)CN1OCc1ccccc1. The van der Waals surface area contributed by atoms with E-state index in [-0.39, 0.29) is 11.8 Å². The Bertz CT molecular complexity index is 364. The second-order valence-corrected chi connectivity index (χ2v) is 5.46. The van der Waals surface area contributed by atoms with Crippen LogP contribution in [0.25, 0.3) is 0 Å². The van der Waals surface area contributed by atoms with Crippen molar-refractivity contribution in [3.05, 3.63) is 35.9 Å². The normalized spacial score (nSPS) is 23.4. The van der Waals surface area contributed by atoms with Gasteiger partial charge in [0.25, 0.3) is 0 Å². The molecule has 1 unspecified atom stereocenters. The molecule has 1 fully saturated rings. The molecule has 0 amide bonds. The van der Waals surface area contributed by atoms with Gasteiger partial charge in [-0.3, -0.25) is 4.84 Å². The number of benzene rings is 1. The van der Waals surface area contributed by atoms with Gasteiger partial charge in [-0.2, -0.15) is 5.06 Å². The molecule has 0 radical (unpaired) electrons. The summed E-state index contributed by atoms with van der Waals surface area (Å²) in [6.07, 6.45) is 2.21. The Morgan fingerprint density at radius 1 is 1.33 bits per heavy atom. The number of ether oxygens (including phenoxy) is 1. The second kappa shape index (κ2) is 5.83. The lowest BCUT2D eigenvalue weighted by molar-refractivity contribution is -0.215. The summed E-state index contributed by atoms with van der Waals surface area (Å²) in [5.41, 5.74) is 1.08. The average Bonchev–Trinajstić information content (AvgIpc) is 2.63. The van der Waals surface area contributed by atoms with Crippen LogP contribution in [0.2, 0.25) is 0 Å². The van der Waals surface area contributed by atoms with Gasteiger partial charge < -0.3 is 4.74 Å². The Balaban J connectivity index is 1.91. The first kappa shape index (κ1) is 13.5. The minimum Gasteiger partial charge on any atom is -0.354 e. The van der Waals surface area contributed by atoms with Crippen molar-refractivity contribution in [1.29, 1.82) is 0 Å². The molecule has 1 heterocycles. The Labute approximate surface area is 110 Å². The number of hydrogen-bond donors (Lipinski definition) is 0. The van der Waals surface area contributed by atoms with Crippen LogP contribution in [0, 0.1) is 0 Å². The highest BCUT2D eigenvalue weighted by Gasteiger charge is 2.38. The van der Waals surface area contributed by atoms with Crippen LogP contribution in [0.3, 0.4) is 0 Å². The van der Waals surface area contributed by atoms with Crippen molar-refractivity contribution in [1.82, 2.24) is 5.06 Å². The van der Waals surface area contributed by atoms with Crippen LogP contribution in [0.15, 0.2) is 30.3 Å². The number of nitrogens with zero attached hydrogens (tertiary/aromatic N) is 1. The van der Waals surface area contributed by atoms with Crippen molar-refractivity contribution < 1.29 is 9.57 Å². The van der Waals surface area contributed by atoms with Crippen molar-refractivity contribution in [2.45, 2.75) is 52.0 Å². The third-order valence-electron chi connectivity index (χ3n) is 3.09. The van der Waals surface area contributed by atoms with Gasteiger partial charge in [-0.1, -0.05) is 43.7 Å². The Morgan fingerprint density at radius 2 is 2.06 bits per heavy atom. The zero-order chi connectivity index (χ0) is 13.0. The smallest absolute Gasteiger partial charge is 0.134 e. The predicted octanol–water partition coefficient (Wildman–Crippen LogP) is 3.36. The standard InChI is InChI=1S/C15H23NO2/c1-4-8-14-16(12-15(2,3)18-14)17-11-13-9-6-5-7-10-13/h5-7,9-10,14H,4,8,11-12H2,1-3H3. The van der Waals surface area contributed by atoms with E-state index < -0.39 is 0 Å². The van der Waals surface area contributed by atoms with Gasteiger partial charge in [0.1, 0.15) is 6.23 Å². The molecule has 0 aromatic heterocycles. The molecule has 1 saturated heterocycles. The summed E-state index contributed by atoms with van der Waals surface area (Å²) in [4.78, 5) is 5.90. The number of hydroxylamine groups is 2. The molecule has 0 bridgehead atoms. The molecule has 2 rings (SSSR count). The third kappa shape index (κ3) is 3.55. The summed E-state index contributed by atoms with van der Waals surface area (Å²) in [6, 6.07) is 10.2. The third-order valence-corrected chi connectivity index (χ3v) is 3.09. The van der Waals surface area contributed by atoms with Gasteiger partial charge in [0, 0.05) is 0 Å². The second-order valence-electron chi connectivity index (χ2n) is 5.46. The van der Waals surface area contributed by atoms with E-state index in [1.165, 1.54) is 5.56 Å². The molecule has 0 N–H and O–H groups in total. The van der Waals surface area contributed by atoms with Crippen molar-refractivity contribution in [2.24, 2.45) is 0 Å². The van der Waals surface area contributed by atoms with Gasteiger partial charge in [0.2, 0.25) is 0 Å². The van der Waals surface area contributed by atoms with Crippen LogP contribution >= 0.6 is 0 Å². The summed E-state index contributed by atoms with van der Waals surface area (Å²) in [5, 5.41) is 2.00. The fourth-order valence-electron chi connectivity index (χ4n) is 2.25. The summed E-state index contributed by atoms with van der Waals surface area (Å²) >= 11 is 0. The maximum absolute atomic E-state index is 5.99. The van der Waals surface area contributed by atoms with Crippen LogP contribution in [0.1, 0.15) is 39.2 Å². The molecule has 1 aliphatic heterocycles. The first-order chi connectivity index (χ1) is 8.61. The summed E-state index contributed by atoms with van der Waals surface area (Å²) < 4.78 is 5.99. The van der Waals surface area contributed by atoms with E-state index in [4.69, 9.17) is 9.57 Å². The van der Waals surface area contributed by atoms with E-state index in [1.807, 2.05) is 23.3 Å². The van der Waals surface area contributed by atoms with Gasteiger partial charge in [-0.05, 0) is 25.8 Å². The van der Waals surface area contributed by atoms with Crippen LogP contribution in [0.4, 0.5) is 0 Å². The maximum Gasteiger partial charge on any atom is 0.134 e. The van der Waals surface area contributed by atoms with E-state index in [9.17, 15) is 0 Å². The number of rotatable bonds is 5. The minimum atomic E-state index is -0.115. The quantitative estimate of drug-likeness (QED) is 0.798. The molecule has 1 aromatic carbocycles. The molecule has 1 aromatic rings. The minimum absolute atomic E-state index is 0.0914. The zero-order valence-corrected chi connectivity index (χ0v) is 11.6. The van der Waals surface area contributed by atoms with Gasteiger partial charge >= 0.3 is 0 Å². The average molecular weight is 249 g/mol. The van der Waals surface area contributed by atoms with E-state index >= 15 is 0 Å². The Hall–Kier alpha value is -0.900. The Morgan fingerprint density at radius 3 is 2.72 bits per heavy atom. The van der Waals surface area contributed by atoms with Crippen molar-refractivity contribution in [3.8, 4) is 0 Å². The molecular weight excluding hydrogens is 226 g/mol. The fourth-order valence-corrected chi connectivity index (χ4v) is 2.25.